The number of phosphoric ester groups is 1. The molecule has 0 radical (unpaired) electrons. The minimum absolute atomic E-state index is 0.188. The highest BCUT2D eigenvalue weighted by molar-refractivity contribution is 7.47. The van der Waals surface area contributed by atoms with Crippen LogP contribution in [0.25, 0.3) is 0 Å². The maximum atomic E-state index is 12.6. The van der Waals surface area contributed by atoms with Crippen molar-refractivity contribution in [3.8, 4) is 0 Å². The fraction of sp³-hybridized carbons (Fsp3) is 0.905. The molecular formula is C42H81O10P. The number of hydrogen-bond acceptors (Lipinski definition) is 9. The Kier molecular flexibility index (Phi) is 38.0. The molecule has 3 N–H and O–H groups in total. The topological polar surface area (TPSA) is 149 Å². The van der Waals surface area contributed by atoms with Crippen LogP contribution in [0.4, 0.5) is 0 Å². The second-order valence-corrected chi connectivity index (χ2v) is 16.2. The van der Waals surface area contributed by atoms with Gasteiger partial charge < -0.3 is 24.6 Å². The number of aliphatic hydroxyl groups excluding tert-OH is 2. The van der Waals surface area contributed by atoms with E-state index >= 15 is 0 Å². The van der Waals surface area contributed by atoms with E-state index in [1.807, 2.05) is 0 Å². The van der Waals surface area contributed by atoms with Gasteiger partial charge in [0.1, 0.15) is 12.7 Å². The van der Waals surface area contributed by atoms with E-state index in [9.17, 15) is 24.2 Å². The van der Waals surface area contributed by atoms with Crippen molar-refractivity contribution >= 4 is 19.8 Å². The molecule has 3 atom stereocenters. The Morgan fingerprint density at radius 2 is 0.925 bits per heavy atom. The Labute approximate surface area is 324 Å². The molecule has 0 saturated carbocycles. The van der Waals surface area contributed by atoms with E-state index in [0.29, 0.717) is 12.8 Å². The summed E-state index contributed by atoms with van der Waals surface area (Å²) in [5, 5.41) is 18.3. The van der Waals surface area contributed by atoms with Gasteiger partial charge in [0.05, 0.1) is 19.8 Å². The lowest BCUT2D eigenvalue weighted by Gasteiger charge is -2.20. The number of aliphatic hydroxyl groups is 2. The minimum atomic E-state index is -4.61. The van der Waals surface area contributed by atoms with E-state index in [2.05, 4.69) is 30.5 Å². The first-order valence-electron chi connectivity index (χ1n) is 21.6. The van der Waals surface area contributed by atoms with Crippen LogP contribution >= 0.6 is 7.82 Å². The second-order valence-electron chi connectivity index (χ2n) is 14.7. The summed E-state index contributed by atoms with van der Waals surface area (Å²) in [5.41, 5.74) is 0. The molecule has 0 amide bonds. The van der Waals surface area contributed by atoms with Crippen molar-refractivity contribution < 1.29 is 47.8 Å². The van der Waals surface area contributed by atoms with Gasteiger partial charge in [-0.1, -0.05) is 167 Å². The fourth-order valence-corrected chi connectivity index (χ4v) is 6.84. The van der Waals surface area contributed by atoms with E-state index < -0.39 is 51.8 Å². The van der Waals surface area contributed by atoms with Crippen LogP contribution in [0.2, 0.25) is 0 Å². The summed E-state index contributed by atoms with van der Waals surface area (Å²) in [5.74, 6) is -0.925. The standard InChI is InChI=1S/C42H81O10P/c1-3-5-7-9-11-13-15-17-18-19-20-22-24-26-28-30-32-34-42(46)52-40(38-51-53(47,48)50-36-39(44)35-43)37-49-41(45)33-31-29-27-25-23-21-16-14-12-10-8-6-4-2/h14,16,39-40,43-44H,3-13,15,17-38H2,1-2H3,(H,47,48)/b16-14+/t39-,40+/m0/s1. The molecule has 0 fully saturated rings. The third kappa shape index (κ3) is 38.8. The van der Waals surface area contributed by atoms with Crippen LogP contribution in [0, 0.1) is 0 Å². The summed E-state index contributed by atoms with van der Waals surface area (Å²) < 4.78 is 32.7. The summed E-state index contributed by atoms with van der Waals surface area (Å²) in [6.07, 6.45) is 36.0. The second kappa shape index (κ2) is 39.0. The largest absolute Gasteiger partial charge is 0.472 e. The number of ether oxygens (including phenoxy) is 2. The molecule has 314 valence electrons. The van der Waals surface area contributed by atoms with E-state index in [0.717, 1.165) is 57.8 Å². The molecule has 0 aliphatic heterocycles. The number of allylic oxidation sites excluding steroid dienone is 2. The summed E-state index contributed by atoms with van der Waals surface area (Å²) in [4.78, 5) is 34.9. The van der Waals surface area contributed by atoms with E-state index in [1.165, 1.54) is 109 Å². The lowest BCUT2D eigenvalue weighted by Crippen LogP contribution is -2.29. The van der Waals surface area contributed by atoms with E-state index in [-0.39, 0.29) is 19.4 Å². The first-order valence-corrected chi connectivity index (χ1v) is 23.1. The highest BCUT2D eigenvalue weighted by atomic mass is 31.2. The molecule has 0 saturated heterocycles. The molecule has 11 heteroatoms. The number of rotatable bonds is 41. The normalized spacial score (nSPS) is 14.0. The van der Waals surface area contributed by atoms with Crippen LogP contribution < -0.4 is 0 Å². The molecule has 53 heavy (non-hydrogen) atoms. The number of esters is 2. The number of carbonyl (C=O) groups is 2. The molecule has 0 bridgehead atoms. The van der Waals surface area contributed by atoms with Crippen molar-refractivity contribution in [3.63, 3.8) is 0 Å². The molecular weight excluding hydrogens is 695 g/mol. The SMILES string of the molecule is CCCCCC/C=C/CCCCCCCC(=O)OC[C@H](COP(=O)(O)OC[C@@H](O)CO)OC(=O)CCCCCCCCCCCCCCCCCCC. The van der Waals surface area contributed by atoms with Gasteiger partial charge in [0.15, 0.2) is 6.10 Å². The Morgan fingerprint density at radius 3 is 1.38 bits per heavy atom. The molecule has 0 rings (SSSR count). The highest BCUT2D eigenvalue weighted by Crippen LogP contribution is 2.43. The lowest BCUT2D eigenvalue weighted by molar-refractivity contribution is -0.161. The van der Waals surface area contributed by atoms with Gasteiger partial charge in [0.25, 0.3) is 0 Å². The summed E-state index contributed by atoms with van der Waals surface area (Å²) in [6, 6.07) is 0. The van der Waals surface area contributed by atoms with Crippen LogP contribution in [-0.2, 0) is 32.7 Å². The summed E-state index contributed by atoms with van der Waals surface area (Å²) in [7, 11) is -4.61. The number of phosphoric acid groups is 1. The van der Waals surface area contributed by atoms with Crippen molar-refractivity contribution in [2.45, 2.75) is 219 Å². The van der Waals surface area contributed by atoms with Crippen LogP contribution in [-0.4, -0.2) is 65.7 Å². The maximum absolute atomic E-state index is 12.6. The summed E-state index contributed by atoms with van der Waals surface area (Å²) >= 11 is 0. The lowest BCUT2D eigenvalue weighted by atomic mass is 10.0. The third-order valence-corrected chi connectivity index (χ3v) is 10.4. The first-order chi connectivity index (χ1) is 25.7. The average Bonchev–Trinajstić information content (AvgIpc) is 3.14. The molecule has 0 aliphatic carbocycles. The third-order valence-electron chi connectivity index (χ3n) is 9.42. The van der Waals surface area contributed by atoms with Crippen LogP contribution in [0.3, 0.4) is 0 Å². The van der Waals surface area contributed by atoms with Crippen molar-refractivity contribution in [1.29, 1.82) is 0 Å². The quantitative estimate of drug-likeness (QED) is 0.0237. The van der Waals surface area contributed by atoms with Gasteiger partial charge in [-0.25, -0.2) is 4.57 Å². The van der Waals surface area contributed by atoms with Gasteiger partial charge in [-0.15, -0.1) is 0 Å². The van der Waals surface area contributed by atoms with Crippen molar-refractivity contribution in [2.75, 3.05) is 26.4 Å². The first kappa shape index (κ1) is 51.7. The van der Waals surface area contributed by atoms with Gasteiger partial charge in [0, 0.05) is 12.8 Å². The molecule has 0 aromatic rings. The van der Waals surface area contributed by atoms with Gasteiger partial charge >= 0.3 is 19.8 Å². The van der Waals surface area contributed by atoms with Crippen LogP contribution in [0.5, 0.6) is 0 Å². The number of hydrogen-bond donors (Lipinski definition) is 3. The van der Waals surface area contributed by atoms with Crippen molar-refractivity contribution in [3.05, 3.63) is 12.2 Å². The predicted octanol–water partition coefficient (Wildman–Crippen LogP) is 11.2. The Hall–Kier alpha value is -1.29. The molecule has 0 aromatic carbocycles. The van der Waals surface area contributed by atoms with Crippen LogP contribution in [0.15, 0.2) is 12.2 Å². The average molecular weight is 777 g/mol. The Morgan fingerprint density at radius 1 is 0.547 bits per heavy atom. The van der Waals surface area contributed by atoms with Crippen LogP contribution in [0.1, 0.15) is 206 Å². The van der Waals surface area contributed by atoms with Gasteiger partial charge in [-0.2, -0.15) is 0 Å². The van der Waals surface area contributed by atoms with Crippen molar-refractivity contribution in [1.82, 2.24) is 0 Å². The zero-order valence-electron chi connectivity index (χ0n) is 34.0. The molecule has 0 spiro atoms. The Balaban J connectivity index is 4.27. The molecule has 0 aliphatic rings. The maximum Gasteiger partial charge on any atom is 0.472 e. The van der Waals surface area contributed by atoms with Crippen molar-refractivity contribution in [2.24, 2.45) is 0 Å². The smallest absolute Gasteiger partial charge is 0.462 e. The van der Waals surface area contributed by atoms with E-state index in [4.69, 9.17) is 19.1 Å². The van der Waals surface area contributed by atoms with Gasteiger partial charge in [0.2, 0.25) is 0 Å². The zero-order chi connectivity index (χ0) is 39.1. The molecule has 0 aromatic heterocycles. The minimum Gasteiger partial charge on any atom is -0.462 e. The molecule has 1 unspecified atom stereocenters. The fourth-order valence-electron chi connectivity index (χ4n) is 6.05. The zero-order valence-corrected chi connectivity index (χ0v) is 34.9. The highest BCUT2D eigenvalue weighted by Gasteiger charge is 2.27. The summed E-state index contributed by atoms with van der Waals surface area (Å²) in [6.45, 7) is 2.38. The number of carbonyl (C=O) groups excluding carboxylic acids is 2. The monoisotopic (exact) mass is 777 g/mol. The molecule has 10 nitrogen and oxygen atoms in total. The predicted molar refractivity (Wildman–Crippen MR) is 215 cm³/mol. The number of unbranched alkanes of at least 4 members (excludes halogenated alkanes) is 25. The van der Waals surface area contributed by atoms with E-state index in [1.54, 1.807) is 0 Å². The Bertz CT molecular complexity index is 899. The van der Waals surface area contributed by atoms with Gasteiger partial charge in [-0.3, -0.25) is 18.6 Å². The van der Waals surface area contributed by atoms with Gasteiger partial charge in [-0.05, 0) is 38.5 Å². The molecule has 0 heterocycles.